The van der Waals surface area contributed by atoms with Crippen molar-refractivity contribution in [1.29, 1.82) is 0 Å². The fourth-order valence-corrected chi connectivity index (χ4v) is 3.02. The van der Waals surface area contributed by atoms with Crippen molar-refractivity contribution >= 4 is 23.2 Å². The first-order valence-electron chi connectivity index (χ1n) is 3.57. The monoisotopic (exact) mass is 164 g/mol. The second-order valence-corrected chi connectivity index (χ2v) is 4.23. The lowest BCUT2D eigenvalue weighted by molar-refractivity contribution is 0.494. The van der Waals surface area contributed by atoms with Crippen LogP contribution in [0.15, 0.2) is 0 Å². The maximum absolute atomic E-state index is 6.03. The highest BCUT2D eigenvalue weighted by atomic mass is 35.5. The summed E-state index contributed by atoms with van der Waals surface area (Å²) in [6.07, 6.45) is 3.94. The number of halogens is 2. The average molecular weight is 165 g/mol. The summed E-state index contributed by atoms with van der Waals surface area (Å²) in [5.41, 5.74) is 0. The predicted octanol–water partition coefficient (Wildman–Crippen LogP) is 2.63. The van der Waals surface area contributed by atoms with Crippen LogP contribution in [0.3, 0.4) is 0 Å². The van der Waals surface area contributed by atoms with Gasteiger partial charge < -0.3 is 0 Å². The molecule has 2 aliphatic rings. The number of fused-ring (bicyclic) bond motifs is 2. The van der Waals surface area contributed by atoms with E-state index in [9.17, 15) is 0 Å². The van der Waals surface area contributed by atoms with Crippen molar-refractivity contribution in [2.75, 3.05) is 0 Å². The van der Waals surface area contributed by atoms with E-state index in [0.717, 1.165) is 11.8 Å². The van der Waals surface area contributed by atoms with Gasteiger partial charge >= 0.3 is 0 Å². The van der Waals surface area contributed by atoms with Gasteiger partial charge in [-0.05, 0) is 31.1 Å². The standard InChI is InChI=1S/C7H10Cl2/c8-6-4-1-2-5(3-4)7(6)9/h4-7H,1-3H2/t4-,5+,6+,7-. The summed E-state index contributed by atoms with van der Waals surface area (Å²) in [6, 6.07) is 0. The van der Waals surface area contributed by atoms with Gasteiger partial charge in [-0.2, -0.15) is 0 Å². The molecule has 52 valence electrons. The zero-order chi connectivity index (χ0) is 6.43. The molecule has 0 nitrogen and oxygen atoms in total. The molecule has 0 aliphatic heterocycles. The van der Waals surface area contributed by atoms with Crippen LogP contribution in [0.1, 0.15) is 19.3 Å². The van der Waals surface area contributed by atoms with Crippen LogP contribution in [0.25, 0.3) is 0 Å². The summed E-state index contributed by atoms with van der Waals surface area (Å²) < 4.78 is 0. The van der Waals surface area contributed by atoms with Gasteiger partial charge in [0.25, 0.3) is 0 Å². The molecule has 0 aromatic rings. The molecule has 9 heavy (non-hydrogen) atoms. The molecule has 0 aromatic heterocycles. The van der Waals surface area contributed by atoms with Gasteiger partial charge in [0, 0.05) is 0 Å². The average Bonchev–Trinajstić information content (AvgIpc) is 2.37. The van der Waals surface area contributed by atoms with Gasteiger partial charge in [-0.1, -0.05) is 0 Å². The van der Waals surface area contributed by atoms with Crippen LogP contribution in [0.4, 0.5) is 0 Å². The number of rotatable bonds is 0. The molecule has 0 N–H and O–H groups in total. The highest BCUT2D eigenvalue weighted by Crippen LogP contribution is 2.49. The summed E-state index contributed by atoms with van der Waals surface area (Å²) in [7, 11) is 0. The Morgan fingerprint density at radius 1 is 0.889 bits per heavy atom. The Bertz CT molecular complexity index is 106. The molecular weight excluding hydrogens is 155 g/mol. The van der Waals surface area contributed by atoms with E-state index < -0.39 is 0 Å². The molecular formula is C7H10Cl2. The Labute approximate surface area is 65.5 Å². The van der Waals surface area contributed by atoms with Gasteiger partial charge in [0.1, 0.15) is 0 Å². The van der Waals surface area contributed by atoms with Crippen molar-refractivity contribution < 1.29 is 0 Å². The summed E-state index contributed by atoms with van der Waals surface area (Å²) in [6.45, 7) is 0. The van der Waals surface area contributed by atoms with Crippen molar-refractivity contribution in [3.05, 3.63) is 0 Å². The largest absolute Gasteiger partial charge is 0.121 e. The highest BCUT2D eigenvalue weighted by molar-refractivity contribution is 6.30. The molecule has 2 aliphatic carbocycles. The molecule has 2 bridgehead atoms. The Balaban J connectivity index is 2.15. The predicted molar refractivity (Wildman–Crippen MR) is 40.1 cm³/mol. The SMILES string of the molecule is Cl[C@@H]1[C@H]2CC[C@H](C2)[C@@H]1Cl. The Morgan fingerprint density at radius 3 is 1.56 bits per heavy atom. The number of hydrogen-bond donors (Lipinski definition) is 0. The minimum Gasteiger partial charge on any atom is -0.121 e. The molecule has 0 radical (unpaired) electrons. The van der Waals surface area contributed by atoms with E-state index in [4.69, 9.17) is 23.2 Å². The molecule has 0 heterocycles. The first-order chi connectivity index (χ1) is 4.29. The van der Waals surface area contributed by atoms with E-state index in [1.165, 1.54) is 19.3 Å². The zero-order valence-electron chi connectivity index (χ0n) is 5.19. The second-order valence-electron chi connectivity index (χ2n) is 3.22. The van der Waals surface area contributed by atoms with Crippen LogP contribution in [-0.2, 0) is 0 Å². The zero-order valence-corrected chi connectivity index (χ0v) is 6.70. The van der Waals surface area contributed by atoms with Gasteiger partial charge in [-0.15, -0.1) is 23.2 Å². The van der Waals surface area contributed by atoms with E-state index in [1.807, 2.05) is 0 Å². The fourth-order valence-electron chi connectivity index (χ4n) is 2.15. The topological polar surface area (TPSA) is 0 Å². The van der Waals surface area contributed by atoms with E-state index in [-0.39, 0.29) is 10.8 Å². The fraction of sp³-hybridized carbons (Fsp3) is 1.00. The minimum absolute atomic E-state index is 0.283. The third-order valence-corrected chi connectivity index (χ3v) is 4.10. The van der Waals surface area contributed by atoms with E-state index in [0.29, 0.717) is 0 Å². The summed E-state index contributed by atoms with van der Waals surface area (Å²) >= 11 is 12.1. The van der Waals surface area contributed by atoms with Gasteiger partial charge in [0.2, 0.25) is 0 Å². The molecule has 0 spiro atoms. The molecule has 0 aromatic carbocycles. The normalized spacial score (nSPS) is 56.7. The van der Waals surface area contributed by atoms with Crippen LogP contribution >= 0.6 is 23.2 Å². The Hall–Kier alpha value is 0.580. The molecule has 2 fully saturated rings. The number of alkyl halides is 2. The molecule has 0 amide bonds. The lowest BCUT2D eigenvalue weighted by atomic mass is 10.00. The second kappa shape index (κ2) is 2.03. The van der Waals surface area contributed by atoms with E-state index in [2.05, 4.69) is 0 Å². The maximum atomic E-state index is 6.03. The van der Waals surface area contributed by atoms with Gasteiger partial charge in [-0.3, -0.25) is 0 Å². The van der Waals surface area contributed by atoms with Crippen molar-refractivity contribution in [2.45, 2.75) is 30.0 Å². The van der Waals surface area contributed by atoms with Crippen molar-refractivity contribution in [1.82, 2.24) is 0 Å². The van der Waals surface area contributed by atoms with Gasteiger partial charge in [0.05, 0.1) is 10.8 Å². The minimum atomic E-state index is 0.283. The van der Waals surface area contributed by atoms with Crippen LogP contribution in [0.2, 0.25) is 0 Å². The molecule has 0 unspecified atom stereocenters. The van der Waals surface area contributed by atoms with Crippen LogP contribution < -0.4 is 0 Å². The Morgan fingerprint density at radius 2 is 1.33 bits per heavy atom. The Kier molecular flexibility index (Phi) is 1.42. The molecule has 2 saturated carbocycles. The van der Waals surface area contributed by atoms with E-state index in [1.54, 1.807) is 0 Å². The first kappa shape index (κ1) is 6.30. The first-order valence-corrected chi connectivity index (χ1v) is 4.44. The highest BCUT2D eigenvalue weighted by Gasteiger charge is 2.45. The lowest BCUT2D eigenvalue weighted by Crippen LogP contribution is -2.22. The molecule has 4 atom stereocenters. The summed E-state index contributed by atoms with van der Waals surface area (Å²) in [5.74, 6) is 1.50. The molecule has 2 rings (SSSR count). The van der Waals surface area contributed by atoms with Gasteiger partial charge in [0.15, 0.2) is 0 Å². The molecule has 0 saturated heterocycles. The van der Waals surface area contributed by atoms with E-state index >= 15 is 0 Å². The third-order valence-electron chi connectivity index (χ3n) is 2.72. The quantitative estimate of drug-likeness (QED) is 0.484. The molecule has 2 heteroatoms. The van der Waals surface area contributed by atoms with Crippen molar-refractivity contribution in [3.8, 4) is 0 Å². The van der Waals surface area contributed by atoms with Crippen LogP contribution in [0, 0.1) is 11.8 Å². The van der Waals surface area contributed by atoms with Crippen molar-refractivity contribution in [2.24, 2.45) is 11.8 Å². The third kappa shape index (κ3) is 0.798. The van der Waals surface area contributed by atoms with Crippen LogP contribution in [0.5, 0.6) is 0 Å². The lowest BCUT2D eigenvalue weighted by Gasteiger charge is -2.20. The van der Waals surface area contributed by atoms with Gasteiger partial charge in [-0.25, -0.2) is 0 Å². The van der Waals surface area contributed by atoms with Crippen molar-refractivity contribution in [3.63, 3.8) is 0 Å². The summed E-state index contributed by atoms with van der Waals surface area (Å²) in [4.78, 5) is 0. The smallest absolute Gasteiger partial charge is 0.0530 e. The van der Waals surface area contributed by atoms with Crippen LogP contribution in [-0.4, -0.2) is 10.8 Å². The summed E-state index contributed by atoms with van der Waals surface area (Å²) in [5, 5.41) is 0.566. The maximum Gasteiger partial charge on any atom is 0.0530 e. The number of hydrogen-bond acceptors (Lipinski definition) is 0.